The van der Waals surface area contributed by atoms with E-state index in [0.29, 0.717) is 26.8 Å². The largest absolute Gasteiger partial charge is 0.481 e. The third-order valence-electron chi connectivity index (χ3n) is 3.78. The van der Waals surface area contributed by atoms with Gasteiger partial charge >= 0.3 is 0 Å². The van der Waals surface area contributed by atoms with Crippen LogP contribution in [0.3, 0.4) is 0 Å². The van der Waals surface area contributed by atoms with Crippen molar-refractivity contribution >= 4 is 45.6 Å². The molecule has 1 aromatic heterocycles. The molecule has 1 aromatic carbocycles. The van der Waals surface area contributed by atoms with E-state index in [1.54, 1.807) is 18.2 Å². The first kappa shape index (κ1) is 17.5. The van der Waals surface area contributed by atoms with Crippen molar-refractivity contribution in [2.45, 2.75) is 18.8 Å². The van der Waals surface area contributed by atoms with Gasteiger partial charge in [-0.2, -0.15) is 0 Å². The van der Waals surface area contributed by atoms with E-state index in [2.05, 4.69) is 15.6 Å². The molecule has 0 spiro atoms. The molecule has 3 rings (SSSR count). The highest BCUT2D eigenvalue weighted by atomic mass is 35.5. The number of hydrogen-bond acceptors (Lipinski definition) is 5. The molecule has 5 nitrogen and oxygen atoms in total. The van der Waals surface area contributed by atoms with Crippen molar-refractivity contribution in [3.05, 3.63) is 39.3 Å². The number of ether oxygens (including phenoxy) is 1. The summed E-state index contributed by atoms with van der Waals surface area (Å²) in [5.41, 5.74) is 0. The van der Waals surface area contributed by atoms with Gasteiger partial charge in [-0.05, 0) is 44.0 Å². The molecule has 1 fully saturated rings. The molecule has 128 valence electrons. The lowest BCUT2D eigenvalue weighted by Crippen LogP contribution is -2.26. The third kappa shape index (κ3) is 4.39. The van der Waals surface area contributed by atoms with Crippen molar-refractivity contribution < 1.29 is 9.53 Å². The van der Waals surface area contributed by atoms with E-state index in [4.69, 9.17) is 27.9 Å². The molecule has 0 radical (unpaired) electrons. The molecule has 0 aliphatic carbocycles. The van der Waals surface area contributed by atoms with Gasteiger partial charge in [0.25, 0.3) is 5.91 Å². The summed E-state index contributed by atoms with van der Waals surface area (Å²) in [7, 11) is 0. The molecule has 8 heteroatoms. The van der Waals surface area contributed by atoms with Gasteiger partial charge in [-0.1, -0.05) is 29.3 Å². The maximum Gasteiger partial charge on any atom is 0.264 e. The minimum absolute atomic E-state index is 0.175. The highest BCUT2D eigenvalue weighted by Crippen LogP contribution is 2.33. The number of thiazole rings is 1. The van der Waals surface area contributed by atoms with Gasteiger partial charge < -0.3 is 10.1 Å². The lowest BCUT2D eigenvalue weighted by molar-refractivity contribution is -0.118. The number of carbonyl (C=O) groups is 1. The van der Waals surface area contributed by atoms with E-state index < -0.39 is 0 Å². The van der Waals surface area contributed by atoms with E-state index in [1.807, 2.05) is 6.20 Å². The Morgan fingerprint density at radius 2 is 2.04 bits per heavy atom. The SMILES string of the molecule is O=C(COc1c(Cl)cccc1Cl)Nc1ncc(C2CCNCC2)s1. The van der Waals surface area contributed by atoms with Gasteiger partial charge in [0.15, 0.2) is 17.5 Å². The first-order valence-electron chi connectivity index (χ1n) is 7.66. The Labute approximate surface area is 154 Å². The Hall–Kier alpha value is -1.34. The predicted octanol–water partition coefficient (Wildman–Crippen LogP) is 3.93. The molecule has 0 unspecified atom stereocenters. The average molecular weight is 386 g/mol. The lowest BCUT2D eigenvalue weighted by atomic mass is 9.97. The van der Waals surface area contributed by atoms with E-state index in [1.165, 1.54) is 16.2 Å². The van der Waals surface area contributed by atoms with Crippen LogP contribution in [0.5, 0.6) is 5.75 Å². The van der Waals surface area contributed by atoms with Crippen molar-refractivity contribution in [1.82, 2.24) is 10.3 Å². The van der Waals surface area contributed by atoms with Gasteiger partial charge in [0.05, 0.1) is 10.0 Å². The molecule has 1 saturated heterocycles. The highest BCUT2D eigenvalue weighted by Gasteiger charge is 2.18. The second-order valence-corrected chi connectivity index (χ2v) is 7.36. The van der Waals surface area contributed by atoms with Crippen molar-refractivity contribution in [2.24, 2.45) is 0 Å². The third-order valence-corrected chi connectivity index (χ3v) is 5.45. The van der Waals surface area contributed by atoms with Crippen LogP contribution >= 0.6 is 34.5 Å². The number of hydrogen-bond donors (Lipinski definition) is 2. The molecule has 1 amide bonds. The highest BCUT2D eigenvalue weighted by molar-refractivity contribution is 7.15. The molecule has 0 atom stereocenters. The number of anilines is 1. The fraction of sp³-hybridized carbons (Fsp3) is 0.375. The zero-order chi connectivity index (χ0) is 16.9. The van der Waals surface area contributed by atoms with Gasteiger partial charge in [-0.25, -0.2) is 4.98 Å². The average Bonchev–Trinajstić information content (AvgIpc) is 3.03. The Morgan fingerprint density at radius 1 is 1.33 bits per heavy atom. The second kappa shape index (κ2) is 8.16. The van der Waals surface area contributed by atoms with Crippen LogP contribution < -0.4 is 15.4 Å². The van der Waals surface area contributed by atoms with Gasteiger partial charge in [-0.3, -0.25) is 10.1 Å². The zero-order valence-corrected chi connectivity index (χ0v) is 15.2. The van der Waals surface area contributed by atoms with Gasteiger partial charge in [0.2, 0.25) is 0 Å². The van der Waals surface area contributed by atoms with E-state index in [0.717, 1.165) is 25.9 Å². The molecule has 2 heterocycles. The minimum atomic E-state index is -0.294. The molecule has 0 bridgehead atoms. The molecule has 24 heavy (non-hydrogen) atoms. The first-order valence-corrected chi connectivity index (χ1v) is 9.24. The second-order valence-electron chi connectivity index (χ2n) is 5.48. The zero-order valence-electron chi connectivity index (χ0n) is 12.9. The Kier molecular flexibility index (Phi) is 5.94. The van der Waals surface area contributed by atoms with E-state index in [-0.39, 0.29) is 12.5 Å². The maximum atomic E-state index is 12.0. The fourth-order valence-corrected chi connectivity index (χ4v) is 4.06. The number of aromatic nitrogens is 1. The summed E-state index contributed by atoms with van der Waals surface area (Å²) in [6.07, 6.45) is 4.05. The first-order chi connectivity index (χ1) is 11.6. The van der Waals surface area contributed by atoms with Crippen LogP contribution in [-0.4, -0.2) is 30.6 Å². The number of piperidine rings is 1. The molecule has 1 aliphatic heterocycles. The van der Waals surface area contributed by atoms with E-state index >= 15 is 0 Å². The summed E-state index contributed by atoms with van der Waals surface area (Å²) in [5, 5.41) is 7.42. The van der Waals surface area contributed by atoms with Gasteiger partial charge in [-0.15, -0.1) is 11.3 Å². The van der Waals surface area contributed by atoms with Crippen LogP contribution in [0.25, 0.3) is 0 Å². The fourth-order valence-electron chi connectivity index (χ4n) is 2.55. The summed E-state index contributed by atoms with van der Waals surface area (Å²) in [6, 6.07) is 5.04. The Balaban J connectivity index is 1.54. The van der Waals surface area contributed by atoms with Crippen molar-refractivity contribution in [3.8, 4) is 5.75 Å². The quantitative estimate of drug-likeness (QED) is 0.817. The van der Waals surface area contributed by atoms with Crippen LogP contribution in [0.15, 0.2) is 24.4 Å². The Bertz CT molecular complexity index is 697. The van der Waals surface area contributed by atoms with Crippen molar-refractivity contribution in [2.75, 3.05) is 25.0 Å². The molecular formula is C16H17Cl2N3O2S. The Morgan fingerprint density at radius 3 is 2.75 bits per heavy atom. The molecule has 0 saturated carbocycles. The number of para-hydroxylation sites is 1. The number of halogens is 2. The summed E-state index contributed by atoms with van der Waals surface area (Å²) >= 11 is 13.5. The van der Waals surface area contributed by atoms with Crippen LogP contribution in [0.2, 0.25) is 10.0 Å². The van der Waals surface area contributed by atoms with Crippen LogP contribution in [-0.2, 0) is 4.79 Å². The normalized spacial score (nSPS) is 15.2. The molecular weight excluding hydrogens is 369 g/mol. The van der Waals surface area contributed by atoms with Crippen molar-refractivity contribution in [3.63, 3.8) is 0 Å². The number of amides is 1. The molecule has 2 N–H and O–H groups in total. The number of rotatable bonds is 5. The van der Waals surface area contributed by atoms with Gasteiger partial charge in [0.1, 0.15) is 0 Å². The smallest absolute Gasteiger partial charge is 0.264 e. The summed E-state index contributed by atoms with van der Waals surface area (Å²) in [6.45, 7) is 1.87. The summed E-state index contributed by atoms with van der Waals surface area (Å²) in [4.78, 5) is 17.5. The molecule has 2 aromatic rings. The predicted molar refractivity (Wildman–Crippen MR) is 97.5 cm³/mol. The van der Waals surface area contributed by atoms with Crippen molar-refractivity contribution in [1.29, 1.82) is 0 Å². The van der Waals surface area contributed by atoms with Crippen LogP contribution in [0.4, 0.5) is 5.13 Å². The number of benzene rings is 1. The standard InChI is InChI=1S/C16H17Cl2N3O2S/c17-11-2-1-3-12(18)15(11)23-9-14(22)21-16-20-8-13(24-16)10-4-6-19-7-5-10/h1-3,8,10,19H,4-7,9H2,(H,20,21,22). The maximum absolute atomic E-state index is 12.0. The lowest BCUT2D eigenvalue weighted by Gasteiger charge is -2.20. The van der Waals surface area contributed by atoms with E-state index in [9.17, 15) is 4.79 Å². The summed E-state index contributed by atoms with van der Waals surface area (Å²) < 4.78 is 5.42. The summed E-state index contributed by atoms with van der Waals surface area (Å²) in [5.74, 6) is 0.537. The monoisotopic (exact) mass is 385 g/mol. The van der Waals surface area contributed by atoms with Crippen LogP contribution in [0.1, 0.15) is 23.6 Å². The van der Waals surface area contributed by atoms with Gasteiger partial charge in [0, 0.05) is 11.1 Å². The number of nitrogens with one attached hydrogen (secondary N) is 2. The van der Waals surface area contributed by atoms with Crippen LogP contribution in [0, 0.1) is 0 Å². The topological polar surface area (TPSA) is 63.2 Å². The number of nitrogens with zero attached hydrogens (tertiary/aromatic N) is 1. The minimum Gasteiger partial charge on any atom is -0.481 e. The molecule has 1 aliphatic rings. The number of carbonyl (C=O) groups excluding carboxylic acids is 1.